The van der Waals surface area contributed by atoms with E-state index in [9.17, 15) is 4.79 Å². The molecule has 3 heteroatoms. The highest BCUT2D eigenvalue weighted by atomic mass is 35.5. The summed E-state index contributed by atoms with van der Waals surface area (Å²) in [5.41, 5.74) is 0.151. The van der Waals surface area contributed by atoms with E-state index in [0.29, 0.717) is 5.88 Å². The van der Waals surface area contributed by atoms with Gasteiger partial charge >= 0.3 is 0 Å². The van der Waals surface area contributed by atoms with Gasteiger partial charge in [-0.1, -0.05) is 27.7 Å². The fourth-order valence-electron chi connectivity index (χ4n) is 1.32. The summed E-state index contributed by atoms with van der Waals surface area (Å²) in [6.07, 6.45) is 2.96. The van der Waals surface area contributed by atoms with Crippen LogP contribution < -0.4 is 5.32 Å². The maximum absolute atomic E-state index is 11.6. The minimum absolute atomic E-state index is 0.119. The molecule has 0 spiro atoms. The molecule has 15 heavy (non-hydrogen) atoms. The minimum Gasteiger partial charge on any atom is -0.355 e. The van der Waals surface area contributed by atoms with E-state index in [2.05, 4.69) is 19.2 Å². The number of hydrogen-bond acceptors (Lipinski definition) is 1. The van der Waals surface area contributed by atoms with Crippen LogP contribution in [0.1, 0.15) is 47.0 Å². The molecule has 2 nitrogen and oxygen atoms in total. The van der Waals surface area contributed by atoms with Crippen molar-refractivity contribution >= 4 is 17.5 Å². The highest BCUT2D eigenvalue weighted by molar-refractivity contribution is 6.17. The lowest BCUT2D eigenvalue weighted by Crippen LogP contribution is -2.36. The number of carbonyl (C=O) groups excluding carboxylic acids is 1. The number of rotatable bonds is 7. The van der Waals surface area contributed by atoms with E-state index >= 15 is 0 Å². The Morgan fingerprint density at radius 1 is 1.47 bits per heavy atom. The Bertz CT molecular complexity index is 192. The van der Waals surface area contributed by atoms with Crippen LogP contribution in [0, 0.1) is 11.3 Å². The quantitative estimate of drug-likeness (QED) is 0.673. The van der Waals surface area contributed by atoms with E-state index in [1.165, 1.54) is 0 Å². The van der Waals surface area contributed by atoms with Crippen molar-refractivity contribution in [3.63, 3.8) is 0 Å². The third kappa shape index (κ3) is 6.77. The van der Waals surface area contributed by atoms with Crippen molar-refractivity contribution in [1.82, 2.24) is 5.32 Å². The van der Waals surface area contributed by atoms with E-state index in [1.807, 2.05) is 13.8 Å². The van der Waals surface area contributed by atoms with E-state index in [1.54, 1.807) is 0 Å². The summed E-state index contributed by atoms with van der Waals surface area (Å²) in [6.45, 7) is 9.06. The van der Waals surface area contributed by atoms with E-state index < -0.39 is 0 Å². The summed E-state index contributed by atoms with van der Waals surface area (Å²) in [4.78, 5) is 11.6. The van der Waals surface area contributed by atoms with E-state index in [0.717, 1.165) is 25.8 Å². The smallest absolute Gasteiger partial charge is 0.222 e. The van der Waals surface area contributed by atoms with Gasteiger partial charge in [-0.05, 0) is 24.7 Å². The van der Waals surface area contributed by atoms with Crippen LogP contribution >= 0.6 is 11.6 Å². The van der Waals surface area contributed by atoms with Crippen molar-refractivity contribution in [2.24, 2.45) is 11.3 Å². The zero-order valence-corrected chi connectivity index (χ0v) is 11.2. The summed E-state index contributed by atoms with van der Waals surface area (Å²) in [5.74, 6) is 0.980. The summed E-state index contributed by atoms with van der Waals surface area (Å²) < 4.78 is 0. The third-order valence-corrected chi connectivity index (χ3v) is 3.06. The van der Waals surface area contributed by atoms with Crippen molar-refractivity contribution in [3.8, 4) is 0 Å². The van der Waals surface area contributed by atoms with Gasteiger partial charge in [0.15, 0.2) is 0 Å². The molecular formula is C12H24ClNO. The highest BCUT2D eigenvalue weighted by Crippen LogP contribution is 2.21. The molecule has 0 heterocycles. The lowest BCUT2D eigenvalue weighted by molar-refractivity contribution is -0.125. The minimum atomic E-state index is 0.119. The van der Waals surface area contributed by atoms with Crippen molar-refractivity contribution in [2.75, 3.05) is 12.4 Å². The molecular weight excluding hydrogens is 210 g/mol. The second-order valence-corrected chi connectivity index (χ2v) is 5.36. The molecule has 0 saturated carbocycles. The number of hydrogen-bond donors (Lipinski definition) is 1. The van der Waals surface area contributed by atoms with E-state index in [4.69, 9.17) is 11.6 Å². The lowest BCUT2D eigenvalue weighted by Gasteiger charge is -2.25. The second kappa shape index (κ2) is 7.10. The summed E-state index contributed by atoms with van der Waals surface area (Å²) in [6, 6.07) is 0. The molecule has 0 saturated heterocycles. The van der Waals surface area contributed by atoms with Crippen molar-refractivity contribution in [2.45, 2.75) is 47.0 Å². The first-order chi connectivity index (χ1) is 6.93. The zero-order valence-electron chi connectivity index (χ0n) is 10.4. The average Bonchev–Trinajstić information content (AvgIpc) is 2.22. The summed E-state index contributed by atoms with van der Waals surface area (Å²) >= 11 is 5.66. The number of amides is 1. The van der Waals surface area contributed by atoms with Crippen molar-refractivity contribution in [3.05, 3.63) is 0 Å². The maximum Gasteiger partial charge on any atom is 0.222 e. The molecule has 0 fully saturated rings. The van der Waals surface area contributed by atoms with Crippen LogP contribution in [0.4, 0.5) is 0 Å². The predicted octanol–water partition coefficient (Wildman–Crippen LogP) is 3.19. The van der Waals surface area contributed by atoms with Crippen LogP contribution in [0.5, 0.6) is 0 Å². The van der Waals surface area contributed by atoms with Crippen molar-refractivity contribution in [1.29, 1.82) is 0 Å². The van der Waals surface area contributed by atoms with Gasteiger partial charge in [0.05, 0.1) is 0 Å². The molecule has 0 aliphatic heterocycles. The van der Waals surface area contributed by atoms with Crippen LogP contribution in [-0.4, -0.2) is 18.3 Å². The molecule has 1 amide bonds. The Balaban J connectivity index is 3.86. The van der Waals surface area contributed by atoms with E-state index in [-0.39, 0.29) is 17.2 Å². The lowest BCUT2D eigenvalue weighted by atomic mass is 9.88. The number of nitrogens with one attached hydrogen (secondary N) is 1. The Hall–Kier alpha value is -0.240. The number of carbonyl (C=O) groups is 1. The Labute approximate surface area is 98.8 Å². The van der Waals surface area contributed by atoms with Gasteiger partial charge in [-0.3, -0.25) is 4.79 Å². The molecule has 90 valence electrons. The summed E-state index contributed by atoms with van der Waals surface area (Å²) in [7, 11) is 0. The van der Waals surface area contributed by atoms with Crippen LogP contribution in [0.25, 0.3) is 0 Å². The van der Waals surface area contributed by atoms with Gasteiger partial charge in [-0.2, -0.15) is 0 Å². The van der Waals surface area contributed by atoms with Crippen LogP contribution in [0.2, 0.25) is 0 Å². The molecule has 0 aromatic heterocycles. The van der Waals surface area contributed by atoms with Gasteiger partial charge in [0, 0.05) is 18.3 Å². The Morgan fingerprint density at radius 2 is 2.07 bits per heavy atom. The van der Waals surface area contributed by atoms with Gasteiger partial charge < -0.3 is 5.32 Å². The zero-order chi connectivity index (χ0) is 11.9. The largest absolute Gasteiger partial charge is 0.355 e. The monoisotopic (exact) mass is 233 g/mol. The fraction of sp³-hybridized carbons (Fsp3) is 0.917. The standard InChI is InChI=1S/C12H24ClNO/c1-5-10(2)11(15)14-9-12(3,4)7-6-8-13/h10H,5-9H2,1-4H3,(H,14,15). The van der Waals surface area contributed by atoms with Gasteiger partial charge in [0.1, 0.15) is 0 Å². The first kappa shape index (κ1) is 14.8. The van der Waals surface area contributed by atoms with Crippen LogP contribution in [0.15, 0.2) is 0 Å². The van der Waals surface area contributed by atoms with Gasteiger partial charge in [-0.25, -0.2) is 0 Å². The average molecular weight is 234 g/mol. The topological polar surface area (TPSA) is 29.1 Å². The normalized spacial score (nSPS) is 13.7. The molecule has 0 bridgehead atoms. The van der Waals surface area contributed by atoms with Crippen molar-refractivity contribution < 1.29 is 4.79 Å². The molecule has 1 atom stereocenters. The molecule has 1 unspecified atom stereocenters. The first-order valence-electron chi connectivity index (χ1n) is 5.76. The molecule has 0 aliphatic carbocycles. The SMILES string of the molecule is CCC(C)C(=O)NCC(C)(C)CCCCl. The molecule has 0 rings (SSSR count). The van der Waals surface area contributed by atoms with Gasteiger partial charge in [-0.15, -0.1) is 11.6 Å². The highest BCUT2D eigenvalue weighted by Gasteiger charge is 2.19. The molecule has 0 aromatic carbocycles. The Kier molecular flexibility index (Phi) is 6.99. The molecule has 0 radical (unpaired) electrons. The van der Waals surface area contributed by atoms with Gasteiger partial charge in [0.25, 0.3) is 0 Å². The molecule has 0 aliphatic rings. The van der Waals surface area contributed by atoms with Crippen LogP contribution in [-0.2, 0) is 4.79 Å². The molecule has 0 aromatic rings. The number of alkyl halides is 1. The third-order valence-electron chi connectivity index (χ3n) is 2.79. The fourth-order valence-corrected chi connectivity index (χ4v) is 1.45. The van der Waals surface area contributed by atoms with Gasteiger partial charge in [0.2, 0.25) is 5.91 Å². The molecule has 1 N–H and O–H groups in total. The predicted molar refractivity (Wildman–Crippen MR) is 66.2 cm³/mol. The maximum atomic E-state index is 11.6. The van der Waals surface area contributed by atoms with Crippen LogP contribution in [0.3, 0.4) is 0 Å². The number of halogens is 1. The Morgan fingerprint density at radius 3 is 2.53 bits per heavy atom. The summed E-state index contributed by atoms with van der Waals surface area (Å²) in [5, 5.41) is 3.00. The first-order valence-corrected chi connectivity index (χ1v) is 6.30. The second-order valence-electron chi connectivity index (χ2n) is 4.98.